The number of carbonyl (C=O) groups excluding carboxylic acids is 1. The number of allylic oxidation sites excluding steroid dienone is 2. The van der Waals surface area contributed by atoms with Crippen LogP contribution in [-0.2, 0) is 4.79 Å². The zero-order valence-electron chi connectivity index (χ0n) is 18.8. The largest absolute Gasteiger partial charge is 0.427 e. The number of hydrogen-bond donors (Lipinski definition) is 0. The van der Waals surface area contributed by atoms with Crippen molar-refractivity contribution in [3.63, 3.8) is 0 Å². The van der Waals surface area contributed by atoms with E-state index in [9.17, 15) is 4.79 Å². The molecule has 2 heteroatoms. The molecule has 1 aliphatic carbocycles. The molecular weight excluding hydrogens is 368 g/mol. The molecule has 0 amide bonds. The Morgan fingerprint density at radius 2 is 1.53 bits per heavy atom. The van der Waals surface area contributed by atoms with Crippen molar-refractivity contribution in [2.45, 2.75) is 72.1 Å². The average Bonchev–Trinajstić information content (AvgIpc) is 2.81. The van der Waals surface area contributed by atoms with Crippen LogP contribution in [0.3, 0.4) is 0 Å². The van der Waals surface area contributed by atoms with Crippen molar-refractivity contribution >= 4 is 11.5 Å². The minimum Gasteiger partial charge on any atom is -0.427 e. The lowest BCUT2D eigenvalue weighted by molar-refractivity contribution is -0.134. The van der Waals surface area contributed by atoms with Crippen LogP contribution in [0, 0.1) is 11.8 Å². The molecule has 3 rings (SSSR count). The first-order chi connectivity index (χ1) is 14.6. The predicted octanol–water partition coefficient (Wildman–Crippen LogP) is 8.07. The summed E-state index contributed by atoms with van der Waals surface area (Å²) in [5, 5.41) is 0. The second-order valence-electron chi connectivity index (χ2n) is 8.56. The summed E-state index contributed by atoms with van der Waals surface area (Å²) in [5.74, 6) is 2.18. The van der Waals surface area contributed by atoms with Crippen LogP contribution in [0.4, 0.5) is 0 Å². The zero-order chi connectivity index (χ0) is 21.3. The highest BCUT2D eigenvalue weighted by molar-refractivity contribution is 5.73. The van der Waals surface area contributed by atoms with E-state index in [2.05, 4.69) is 44.2 Å². The van der Waals surface area contributed by atoms with E-state index >= 15 is 0 Å². The van der Waals surface area contributed by atoms with Gasteiger partial charge in [-0.05, 0) is 71.9 Å². The van der Waals surface area contributed by atoms with E-state index in [1.165, 1.54) is 61.6 Å². The zero-order valence-corrected chi connectivity index (χ0v) is 18.8. The number of hydrogen-bond acceptors (Lipinski definition) is 2. The number of ether oxygens (including phenoxy) is 1. The predicted molar refractivity (Wildman–Crippen MR) is 126 cm³/mol. The van der Waals surface area contributed by atoms with E-state index < -0.39 is 0 Å². The molecule has 2 aromatic rings. The Bertz CT molecular complexity index is 826. The summed E-state index contributed by atoms with van der Waals surface area (Å²) in [4.78, 5) is 11.4. The highest BCUT2D eigenvalue weighted by atomic mass is 16.5. The lowest BCUT2D eigenvalue weighted by Gasteiger charge is -2.24. The summed E-state index contributed by atoms with van der Waals surface area (Å²) >= 11 is 0. The SMILES string of the molecule is CCC(=O)Oc1ccc(-c2ccc(C3=CCC(CCC(CC)CC)CC3)cc2)cc1. The molecule has 160 valence electrons. The molecular formula is C28H36O2. The monoisotopic (exact) mass is 404 g/mol. The Labute approximate surface area is 182 Å². The molecule has 2 aromatic carbocycles. The van der Waals surface area contributed by atoms with Crippen LogP contribution in [0.2, 0.25) is 0 Å². The third-order valence-electron chi connectivity index (χ3n) is 6.62. The van der Waals surface area contributed by atoms with E-state index in [4.69, 9.17) is 4.74 Å². The molecule has 0 radical (unpaired) electrons. The third kappa shape index (κ3) is 6.08. The number of esters is 1. The summed E-state index contributed by atoms with van der Waals surface area (Å²) in [5.41, 5.74) is 5.18. The molecule has 1 atom stereocenters. The third-order valence-corrected chi connectivity index (χ3v) is 6.62. The van der Waals surface area contributed by atoms with Gasteiger partial charge in [0, 0.05) is 6.42 Å². The van der Waals surface area contributed by atoms with Gasteiger partial charge in [-0.2, -0.15) is 0 Å². The van der Waals surface area contributed by atoms with Gasteiger partial charge in [0.05, 0.1) is 0 Å². The van der Waals surface area contributed by atoms with E-state index in [0.29, 0.717) is 12.2 Å². The smallest absolute Gasteiger partial charge is 0.310 e. The molecule has 2 nitrogen and oxygen atoms in total. The first kappa shape index (κ1) is 22.3. The van der Waals surface area contributed by atoms with Crippen molar-refractivity contribution in [2.75, 3.05) is 0 Å². The van der Waals surface area contributed by atoms with Gasteiger partial charge in [0.15, 0.2) is 0 Å². The summed E-state index contributed by atoms with van der Waals surface area (Å²) in [7, 11) is 0. The highest BCUT2D eigenvalue weighted by Gasteiger charge is 2.17. The van der Waals surface area contributed by atoms with Gasteiger partial charge < -0.3 is 4.74 Å². The van der Waals surface area contributed by atoms with E-state index in [-0.39, 0.29) is 5.97 Å². The maximum Gasteiger partial charge on any atom is 0.310 e. The average molecular weight is 405 g/mol. The van der Waals surface area contributed by atoms with Gasteiger partial charge in [0.2, 0.25) is 0 Å². The van der Waals surface area contributed by atoms with Gasteiger partial charge in [0.25, 0.3) is 0 Å². The second-order valence-corrected chi connectivity index (χ2v) is 8.56. The van der Waals surface area contributed by atoms with Crippen LogP contribution < -0.4 is 4.74 Å². The lowest BCUT2D eigenvalue weighted by atomic mass is 9.82. The van der Waals surface area contributed by atoms with E-state index in [1.54, 1.807) is 6.92 Å². The summed E-state index contributed by atoms with van der Waals surface area (Å²) in [6.45, 7) is 6.45. The van der Waals surface area contributed by atoms with Gasteiger partial charge >= 0.3 is 5.97 Å². The topological polar surface area (TPSA) is 26.3 Å². The Morgan fingerprint density at radius 1 is 0.933 bits per heavy atom. The lowest BCUT2D eigenvalue weighted by Crippen LogP contribution is -2.08. The molecule has 1 unspecified atom stereocenters. The van der Waals surface area contributed by atoms with Crippen LogP contribution in [0.25, 0.3) is 16.7 Å². The molecule has 1 aliphatic rings. The normalized spacial score (nSPS) is 16.4. The van der Waals surface area contributed by atoms with Crippen molar-refractivity contribution in [2.24, 2.45) is 11.8 Å². The standard InChI is InChI=1S/C28H36O2/c1-4-21(5-2)7-8-22-9-11-23(12-10-22)24-13-15-25(16-14-24)26-17-19-27(20-18-26)30-28(29)6-3/h11,13-22H,4-10,12H2,1-3H3. The minimum atomic E-state index is -0.203. The molecule has 0 aromatic heterocycles. The fraction of sp³-hybridized carbons (Fsp3) is 0.464. The first-order valence-corrected chi connectivity index (χ1v) is 11.7. The minimum absolute atomic E-state index is 0.203. The summed E-state index contributed by atoms with van der Waals surface area (Å²) in [6.07, 6.45) is 12.0. The molecule has 30 heavy (non-hydrogen) atoms. The molecule has 0 bridgehead atoms. The first-order valence-electron chi connectivity index (χ1n) is 11.7. The molecule has 0 fully saturated rings. The fourth-order valence-corrected chi connectivity index (χ4v) is 4.38. The quantitative estimate of drug-likeness (QED) is 0.312. The van der Waals surface area contributed by atoms with Crippen LogP contribution in [0.15, 0.2) is 54.6 Å². The van der Waals surface area contributed by atoms with Crippen molar-refractivity contribution in [3.05, 3.63) is 60.2 Å². The van der Waals surface area contributed by atoms with Crippen molar-refractivity contribution in [1.82, 2.24) is 0 Å². The van der Waals surface area contributed by atoms with E-state index in [0.717, 1.165) is 17.4 Å². The Kier molecular flexibility index (Phi) is 8.30. The number of benzene rings is 2. The maximum atomic E-state index is 11.4. The van der Waals surface area contributed by atoms with Gasteiger partial charge in [-0.1, -0.05) is 82.5 Å². The molecule has 0 aliphatic heterocycles. The molecule has 0 saturated carbocycles. The van der Waals surface area contributed by atoms with Gasteiger partial charge in [-0.3, -0.25) is 4.79 Å². The second kappa shape index (κ2) is 11.2. The molecule has 0 saturated heterocycles. The van der Waals surface area contributed by atoms with Crippen molar-refractivity contribution < 1.29 is 9.53 Å². The fourth-order valence-electron chi connectivity index (χ4n) is 4.38. The Hall–Kier alpha value is -2.35. The molecule has 0 heterocycles. The summed E-state index contributed by atoms with van der Waals surface area (Å²) < 4.78 is 5.26. The van der Waals surface area contributed by atoms with Crippen LogP contribution in [-0.4, -0.2) is 5.97 Å². The number of rotatable bonds is 9. The highest BCUT2D eigenvalue weighted by Crippen LogP contribution is 2.34. The van der Waals surface area contributed by atoms with Crippen LogP contribution in [0.1, 0.15) is 77.7 Å². The number of carbonyl (C=O) groups is 1. The Balaban J connectivity index is 1.57. The molecule has 0 N–H and O–H groups in total. The van der Waals surface area contributed by atoms with Crippen molar-refractivity contribution in [3.8, 4) is 16.9 Å². The van der Waals surface area contributed by atoms with Crippen molar-refractivity contribution in [1.29, 1.82) is 0 Å². The maximum absolute atomic E-state index is 11.4. The molecule has 0 spiro atoms. The van der Waals surface area contributed by atoms with Gasteiger partial charge in [0.1, 0.15) is 5.75 Å². The Morgan fingerprint density at radius 3 is 2.07 bits per heavy atom. The summed E-state index contributed by atoms with van der Waals surface area (Å²) in [6, 6.07) is 16.6. The van der Waals surface area contributed by atoms with E-state index in [1.807, 2.05) is 24.3 Å². The van der Waals surface area contributed by atoms with Crippen LogP contribution >= 0.6 is 0 Å². The van der Waals surface area contributed by atoms with Gasteiger partial charge in [-0.25, -0.2) is 0 Å². The van der Waals surface area contributed by atoms with Gasteiger partial charge in [-0.15, -0.1) is 0 Å². The van der Waals surface area contributed by atoms with Crippen LogP contribution in [0.5, 0.6) is 5.75 Å².